The summed E-state index contributed by atoms with van der Waals surface area (Å²) in [6, 6.07) is 16.5. The van der Waals surface area contributed by atoms with Gasteiger partial charge in [-0.05, 0) is 48.5 Å². The maximum Gasteiger partial charge on any atom is 0.255 e. The third-order valence-electron chi connectivity index (χ3n) is 3.21. The number of fused-ring (bicyclic) bond motifs is 1. The van der Waals surface area contributed by atoms with E-state index in [9.17, 15) is 4.79 Å². The highest BCUT2D eigenvalue weighted by Gasteiger charge is 2.07. The lowest BCUT2D eigenvalue weighted by molar-refractivity contribution is 0.102. The van der Waals surface area contributed by atoms with Gasteiger partial charge >= 0.3 is 0 Å². The minimum Gasteiger partial charge on any atom is -0.497 e. The van der Waals surface area contributed by atoms with Gasteiger partial charge in [0.2, 0.25) is 0 Å². The van der Waals surface area contributed by atoms with Crippen molar-refractivity contribution in [1.82, 2.24) is 4.98 Å². The van der Waals surface area contributed by atoms with Crippen molar-refractivity contribution in [3.63, 3.8) is 0 Å². The lowest BCUT2D eigenvalue weighted by Crippen LogP contribution is -2.11. The lowest BCUT2D eigenvalue weighted by atomic mass is 10.1. The van der Waals surface area contributed by atoms with E-state index in [1.807, 2.05) is 24.3 Å². The maximum absolute atomic E-state index is 12.2. The van der Waals surface area contributed by atoms with Crippen LogP contribution < -0.4 is 10.1 Å². The van der Waals surface area contributed by atoms with Crippen LogP contribution in [0, 0.1) is 0 Å². The van der Waals surface area contributed by atoms with Crippen LogP contribution in [0.4, 0.5) is 5.69 Å². The van der Waals surface area contributed by atoms with Gasteiger partial charge < -0.3 is 10.1 Å². The van der Waals surface area contributed by atoms with Gasteiger partial charge in [0.25, 0.3) is 5.91 Å². The molecule has 1 N–H and O–H groups in total. The molecule has 0 spiro atoms. The third kappa shape index (κ3) is 2.84. The molecule has 0 bridgehead atoms. The summed E-state index contributed by atoms with van der Waals surface area (Å²) in [5, 5.41) is 3.80. The Kier molecular flexibility index (Phi) is 3.51. The number of benzene rings is 2. The Hall–Kier alpha value is -2.88. The number of hydrogen-bond acceptors (Lipinski definition) is 3. The van der Waals surface area contributed by atoms with Gasteiger partial charge in [-0.1, -0.05) is 6.07 Å². The molecule has 1 aromatic heterocycles. The van der Waals surface area contributed by atoms with Crippen molar-refractivity contribution in [2.24, 2.45) is 0 Å². The molecule has 0 atom stereocenters. The molecule has 0 saturated carbocycles. The normalized spacial score (nSPS) is 10.3. The molecule has 0 fully saturated rings. The Morgan fingerprint density at radius 3 is 2.67 bits per heavy atom. The Morgan fingerprint density at radius 2 is 1.90 bits per heavy atom. The summed E-state index contributed by atoms with van der Waals surface area (Å²) in [6.45, 7) is 0. The number of nitrogens with one attached hydrogen (secondary N) is 1. The van der Waals surface area contributed by atoms with Crippen molar-refractivity contribution in [1.29, 1.82) is 0 Å². The molecule has 4 heteroatoms. The number of methoxy groups -OCH3 is 1. The summed E-state index contributed by atoms with van der Waals surface area (Å²) in [4.78, 5) is 16.5. The second-order valence-electron chi connectivity index (χ2n) is 4.59. The molecule has 3 aromatic rings. The van der Waals surface area contributed by atoms with E-state index < -0.39 is 0 Å². The predicted molar refractivity (Wildman–Crippen MR) is 82.7 cm³/mol. The second kappa shape index (κ2) is 5.63. The molecule has 0 aliphatic carbocycles. The molecule has 4 nitrogen and oxygen atoms in total. The van der Waals surface area contributed by atoms with Gasteiger partial charge in [0.1, 0.15) is 5.75 Å². The number of amides is 1. The standard InChI is InChI=1S/C17H14N2O2/c1-21-15-7-5-14(6-8-15)19-17(20)13-4-9-16-12(11-13)3-2-10-18-16/h2-11H,1H3,(H,19,20). The molecule has 0 saturated heterocycles. The van der Waals surface area contributed by atoms with E-state index in [2.05, 4.69) is 10.3 Å². The van der Waals surface area contributed by atoms with E-state index in [0.29, 0.717) is 5.56 Å². The van der Waals surface area contributed by atoms with Crippen molar-refractivity contribution >= 4 is 22.5 Å². The maximum atomic E-state index is 12.2. The van der Waals surface area contributed by atoms with E-state index in [0.717, 1.165) is 22.3 Å². The number of pyridine rings is 1. The van der Waals surface area contributed by atoms with Gasteiger partial charge in [-0.3, -0.25) is 9.78 Å². The van der Waals surface area contributed by atoms with Gasteiger partial charge in [0.05, 0.1) is 12.6 Å². The van der Waals surface area contributed by atoms with E-state index in [1.165, 1.54) is 0 Å². The molecule has 1 amide bonds. The van der Waals surface area contributed by atoms with E-state index in [4.69, 9.17) is 4.74 Å². The summed E-state index contributed by atoms with van der Waals surface area (Å²) in [7, 11) is 1.61. The van der Waals surface area contributed by atoms with Crippen molar-refractivity contribution in [3.8, 4) is 5.75 Å². The number of hydrogen-bond donors (Lipinski definition) is 1. The highest BCUT2D eigenvalue weighted by Crippen LogP contribution is 2.17. The highest BCUT2D eigenvalue weighted by atomic mass is 16.5. The summed E-state index contributed by atoms with van der Waals surface area (Å²) < 4.78 is 5.09. The van der Waals surface area contributed by atoms with E-state index >= 15 is 0 Å². The van der Waals surface area contributed by atoms with Crippen LogP contribution in [-0.2, 0) is 0 Å². The smallest absolute Gasteiger partial charge is 0.255 e. The average molecular weight is 278 g/mol. The second-order valence-corrected chi connectivity index (χ2v) is 4.59. The SMILES string of the molecule is COc1ccc(NC(=O)c2ccc3ncccc3c2)cc1. The van der Waals surface area contributed by atoms with Crippen LogP contribution in [0.1, 0.15) is 10.4 Å². The van der Waals surface area contributed by atoms with Crippen LogP contribution >= 0.6 is 0 Å². The van der Waals surface area contributed by atoms with Gasteiger partial charge in [-0.15, -0.1) is 0 Å². The van der Waals surface area contributed by atoms with Crippen molar-refractivity contribution < 1.29 is 9.53 Å². The number of nitrogens with zero attached hydrogens (tertiary/aromatic N) is 1. The number of ether oxygens (including phenoxy) is 1. The van der Waals surface area contributed by atoms with Gasteiger partial charge in [0, 0.05) is 22.8 Å². The largest absolute Gasteiger partial charge is 0.497 e. The average Bonchev–Trinajstić information content (AvgIpc) is 2.55. The highest BCUT2D eigenvalue weighted by molar-refractivity contribution is 6.06. The summed E-state index contributed by atoms with van der Waals surface area (Å²) in [6.07, 6.45) is 1.74. The molecule has 0 aliphatic rings. The monoisotopic (exact) mass is 278 g/mol. The molecule has 104 valence electrons. The third-order valence-corrected chi connectivity index (χ3v) is 3.21. The summed E-state index contributed by atoms with van der Waals surface area (Å²) in [5.74, 6) is 0.607. The zero-order valence-corrected chi connectivity index (χ0v) is 11.5. The van der Waals surface area contributed by atoms with Crippen LogP contribution in [0.3, 0.4) is 0 Å². The molecular weight excluding hydrogens is 264 g/mol. The molecule has 1 heterocycles. The Labute approximate surface area is 122 Å². The fraction of sp³-hybridized carbons (Fsp3) is 0.0588. The molecule has 0 aliphatic heterocycles. The van der Waals surface area contributed by atoms with Gasteiger partial charge in [-0.2, -0.15) is 0 Å². The number of anilines is 1. The first-order valence-electron chi connectivity index (χ1n) is 6.56. The van der Waals surface area contributed by atoms with Crippen LogP contribution in [0.25, 0.3) is 10.9 Å². The molecule has 3 rings (SSSR count). The quantitative estimate of drug-likeness (QED) is 0.797. The van der Waals surface area contributed by atoms with Gasteiger partial charge in [0.15, 0.2) is 0 Å². The Bertz CT molecular complexity index is 782. The van der Waals surface area contributed by atoms with Crippen LogP contribution in [0.2, 0.25) is 0 Å². The van der Waals surface area contributed by atoms with Crippen molar-refractivity contribution in [2.45, 2.75) is 0 Å². The zero-order valence-electron chi connectivity index (χ0n) is 11.5. The summed E-state index contributed by atoms with van der Waals surface area (Å²) >= 11 is 0. The first-order chi connectivity index (χ1) is 10.3. The molecule has 0 unspecified atom stereocenters. The van der Waals surface area contributed by atoms with Crippen LogP contribution in [0.15, 0.2) is 60.8 Å². The van der Waals surface area contributed by atoms with E-state index in [-0.39, 0.29) is 5.91 Å². The van der Waals surface area contributed by atoms with Crippen LogP contribution in [-0.4, -0.2) is 18.0 Å². The topological polar surface area (TPSA) is 51.2 Å². The first-order valence-corrected chi connectivity index (χ1v) is 6.56. The minimum absolute atomic E-state index is 0.147. The fourth-order valence-electron chi connectivity index (χ4n) is 2.09. The number of carbonyl (C=O) groups excluding carboxylic acids is 1. The molecular formula is C17H14N2O2. The molecule has 0 radical (unpaired) electrons. The molecule has 2 aromatic carbocycles. The Morgan fingerprint density at radius 1 is 1.10 bits per heavy atom. The first kappa shape index (κ1) is 13.1. The number of rotatable bonds is 3. The summed E-state index contributed by atoms with van der Waals surface area (Å²) in [5.41, 5.74) is 2.21. The Balaban J connectivity index is 1.82. The van der Waals surface area contributed by atoms with Crippen LogP contribution in [0.5, 0.6) is 5.75 Å². The fourth-order valence-corrected chi connectivity index (χ4v) is 2.09. The lowest BCUT2D eigenvalue weighted by Gasteiger charge is -2.07. The minimum atomic E-state index is -0.147. The van der Waals surface area contributed by atoms with Crippen molar-refractivity contribution in [3.05, 3.63) is 66.4 Å². The zero-order chi connectivity index (χ0) is 14.7. The van der Waals surface area contributed by atoms with E-state index in [1.54, 1.807) is 43.6 Å². The van der Waals surface area contributed by atoms with Crippen molar-refractivity contribution in [2.75, 3.05) is 12.4 Å². The van der Waals surface area contributed by atoms with Gasteiger partial charge in [-0.25, -0.2) is 0 Å². The number of carbonyl (C=O) groups is 1. The predicted octanol–water partition coefficient (Wildman–Crippen LogP) is 3.50. The molecule has 21 heavy (non-hydrogen) atoms. The number of aromatic nitrogens is 1.